The Kier molecular flexibility index (Phi) is 5.77. The molecule has 0 saturated heterocycles. The molecular formula is C19H14Cl2F3N3O2. The third-order valence-electron chi connectivity index (χ3n) is 4.25. The number of carbonyl (C=O) groups is 2. The minimum absolute atomic E-state index is 0.0500. The van der Waals surface area contributed by atoms with Crippen LogP contribution in [0.1, 0.15) is 24.1 Å². The van der Waals surface area contributed by atoms with Crippen molar-refractivity contribution in [2.24, 2.45) is 0 Å². The Morgan fingerprint density at radius 2 is 1.72 bits per heavy atom. The zero-order chi connectivity index (χ0) is 21.3. The molecule has 5 nitrogen and oxygen atoms in total. The molecule has 0 spiro atoms. The van der Waals surface area contributed by atoms with E-state index in [0.29, 0.717) is 5.56 Å². The SMILES string of the molecule is CC1=C(C(=O)Nc2cccc(C(F)(F)F)c2)[C@@H](c2c(Cl)cccc2Cl)NC(=O)N1. The first-order valence-corrected chi connectivity index (χ1v) is 9.04. The molecule has 1 aliphatic rings. The van der Waals surface area contributed by atoms with E-state index in [-0.39, 0.29) is 27.0 Å². The molecule has 29 heavy (non-hydrogen) atoms. The van der Waals surface area contributed by atoms with Crippen LogP contribution in [0.15, 0.2) is 53.7 Å². The van der Waals surface area contributed by atoms with Gasteiger partial charge in [-0.2, -0.15) is 13.2 Å². The first-order chi connectivity index (χ1) is 13.6. The zero-order valence-corrected chi connectivity index (χ0v) is 16.3. The zero-order valence-electron chi connectivity index (χ0n) is 14.8. The molecule has 0 aromatic heterocycles. The molecule has 0 aliphatic carbocycles. The van der Waals surface area contributed by atoms with Crippen molar-refractivity contribution in [1.82, 2.24) is 10.6 Å². The number of nitrogens with one attached hydrogen (secondary N) is 3. The van der Waals surface area contributed by atoms with Crippen molar-refractivity contribution in [2.45, 2.75) is 19.1 Å². The molecule has 152 valence electrons. The van der Waals surface area contributed by atoms with Crippen LogP contribution in [0.3, 0.4) is 0 Å². The van der Waals surface area contributed by atoms with Crippen LogP contribution in [0.25, 0.3) is 0 Å². The number of urea groups is 1. The summed E-state index contributed by atoms with van der Waals surface area (Å²) in [4.78, 5) is 24.9. The molecule has 1 atom stereocenters. The van der Waals surface area contributed by atoms with E-state index < -0.39 is 29.7 Å². The summed E-state index contributed by atoms with van der Waals surface area (Å²) in [6.45, 7) is 1.50. The maximum absolute atomic E-state index is 12.9. The summed E-state index contributed by atoms with van der Waals surface area (Å²) in [6, 6.07) is 7.38. The van der Waals surface area contributed by atoms with Crippen molar-refractivity contribution in [2.75, 3.05) is 5.32 Å². The monoisotopic (exact) mass is 443 g/mol. The van der Waals surface area contributed by atoms with Crippen molar-refractivity contribution in [3.05, 3.63) is 74.9 Å². The van der Waals surface area contributed by atoms with E-state index in [1.165, 1.54) is 19.1 Å². The van der Waals surface area contributed by atoms with Crippen molar-refractivity contribution in [3.8, 4) is 0 Å². The minimum atomic E-state index is -4.55. The first kappa shape index (κ1) is 21.0. The van der Waals surface area contributed by atoms with Crippen molar-refractivity contribution in [3.63, 3.8) is 0 Å². The van der Waals surface area contributed by atoms with Crippen LogP contribution >= 0.6 is 23.2 Å². The summed E-state index contributed by atoms with van der Waals surface area (Å²) >= 11 is 12.4. The number of anilines is 1. The summed E-state index contributed by atoms with van der Waals surface area (Å²) in [7, 11) is 0. The second kappa shape index (κ2) is 7.96. The number of amides is 3. The van der Waals surface area contributed by atoms with Gasteiger partial charge >= 0.3 is 12.2 Å². The highest BCUT2D eigenvalue weighted by atomic mass is 35.5. The van der Waals surface area contributed by atoms with Gasteiger partial charge < -0.3 is 16.0 Å². The van der Waals surface area contributed by atoms with Gasteiger partial charge in [0.05, 0.1) is 17.2 Å². The lowest BCUT2D eigenvalue weighted by atomic mass is 9.94. The molecular weight excluding hydrogens is 430 g/mol. The summed E-state index contributed by atoms with van der Waals surface area (Å²) in [5, 5.41) is 7.93. The molecule has 2 aromatic carbocycles. The van der Waals surface area contributed by atoms with Crippen LogP contribution in [0.5, 0.6) is 0 Å². The second-order valence-corrected chi connectivity index (χ2v) is 7.05. The number of carbonyl (C=O) groups excluding carboxylic acids is 2. The molecule has 0 bridgehead atoms. The molecule has 0 saturated carbocycles. The van der Waals surface area contributed by atoms with Gasteiger partial charge in [0.25, 0.3) is 5.91 Å². The average molecular weight is 444 g/mol. The van der Waals surface area contributed by atoms with Crippen LogP contribution < -0.4 is 16.0 Å². The van der Waals surface area contributed by atoms with Crippen molar-refractivity contribution >= 4 is 40.8 Å². The lowest BCUT2D eigenvalue weighted by Crippen LogP contribution is -2.46. The molecule has 3 N–H and O–H groups in total. The number of hydrogen-bond acceptors (Lipinski definition) is 2. The molecule has 3 rings (SSSR count). The van der Waals surface area contributed by atoms with Gasteiger partial charge in [-0.1, -0.05) is 35.3 Å². The number of benzene rings is 2. The predicted octanol–water partition coefficient (Wildman–Crippen LogP) is 5.28. The Hall–Kier alpha value is -2.71. The standard InChI is InChI=1S/C19H14Cl2F3N3O2/c1-9-14(17(28)26-11-5-2-4-10(8-11)19(22,23)24)16(27-18(29)25-9)15-12(20)6-3-7-13(15)21/h2-8,16H,1H3,(H,26,28)(H2,25,27,29)/t16-/m0/s1. The van der Waals surface area contributed by atoms with Crippen LogP contribution in [0, 0.1) is 0 Å². The number of alkyl halides is 3. The quantitative estimate of drug-likeness (QED) is 0.603. The number of hydrogen-bond donors (Lipinski definition) is 3. The Bertz CT molecular complexity index is 1000. The highest BCUT2D eigenvalue weighted by Crippen LogP contribution is 2.37. The lowest BCUT2D eigenvalue weighted by Gasteiger charge is -2.29. The van der Waals surface area contributed by atoms with Gasteiger partial charge in [0.1, 0.15) is 0 Å². The molecule has 0 fully saturated rings. The van der Waals surface area contributed by atoms with Gasteiger partial charge in [-0.15, -0.1) is 0 Å². The fraction of sp³-hybridized carbons (Fsp3) is 0.158. The average Bonchev–Trinajstić information content (AvgIpc) is 2.60. The van der Waals surface area contributed by atoms with Crippen LogP contribution in [-0.4, -0.2) is 11.9 Å². The van der Waals surface area contributed by atoms with Gasteiger partial charge in [0, 0.05) is 27.0 Å². The topological polar surface area (TPSA) is 70.2 Å². The molecule has 0 radical (unpaired) electrons. The van der Waals surface area contributed by atoms with Crippen LogP contribution in [0.4, 0.5) is 23.7 Å². The van der Waals surface area contributed by atoms with E-state index >= 15 is 0 Å². The Morgan fingerprint density at radius 3 is 2.34 bits per heavy atom. The fourth-order valence-electron chi connectivity index (χ4n) is 2.97. The Morgan fingerprint density at radius 1 is 1.10 bits per heavy atom. The summed E-state index contributed by atoms with van der Waals surface area (Å²) < 4.78 is 38.8. The van der Waals surface area contributed by atoms with E-state index in [1.807, 2.05) is 0 Å². The first-order valence-electron chi connectivity index (χ1n) is 8.28. The van der Waals surface area contributed by atoms with E-state index in [0.717, 1.165) is 12.1 Å². The highest BCUT2D eigenvalue weighted by molar-refractivity contribution is 6.36. The van der Waals surface area contributed by atoms with Crippen molar-refractivity contribution in [1.29, 1.82) is 0 Å². The van der Waals surface area contributed by atoms with E-state index in [4.69, 9.17) is 23.2 Å². The largest absolute Gasteiger partial charge is 0.416 e. The molecule has 10 heteroatoms. The molecule has 1 aliphatic heterocycles. The van der Waals surface area contributed by atoms with Gasteiger partial charge in [-0.25, -0.2) is 4.79 Å². The molecule has 2 aromatic rings. The smallest absolute Gasteiger partial charge is 0.327 e. The fourth-order valence-corrected chi connectivity index (χ4v) is 3.59. The van der Waals surface area contributed by atoms with Gasteiger partial charge in [0.2, 0.25) is 0 Å². The molecule has 0 unspecified atom stereocenters. The number of halogens is 5. The highest BCUT2D eigenvalue weighted by Gasteiger charge is 2.34. The van der Waals surface area contributed by atoms with Crippen LogP contribution in [0.2, 0.25) is 10.0 Å². The van der Waals surface area contributed by atoms with Gasteiger partial charge in [-0.05, 0) is 37.3 Å². The minimum Gasteiger partial charge on any atom is -0.327 e. The van der Waals surface area contributed by atoms with E-state index in [2.05, 4.69) is 16.0 Å². The number of rotatable bonds is 3. The maximum atomic E-state index is 12.9. The normalized spacial score (nSPS) is 16.9. The Labute approximate surface area is 173 Å². The summed E-state index contributed by atoms with van der Waals surface area (Å²) in [5.74, 6) is -0.713. The predicted molar refractivity (Wildman–Crippen MR) is 104 cm³/mol. The Balaban J connectivity index is 1.99. The molecule has 1 heterocycles. The maximum Gasteiger partial charge on any atom is 0.416 e. The third kappa shape index (κ3) is 4.49. The second-order valence-electron chi connectivity index (χ2n) is 6.24. The molecule has 3 amide bonds. The summed E-state index contributed by atoms with van der Waals surface area (Å²) in [5.41, 5.74) is -0.358. The van der Waals surface area contributed by atoms with Gasteiger partial charge in [0.15, 0.2) is 0 Å². The van der Waals surface area contributed by atoms with E-state index in [1.54, 1.807) is 18.2 Å². The van der Waals surface area contributed by atoms with E-state index in [9.17, 15) is 22.8 Å². The van der Waals surface area contributed by atoms with Gasteiger partial charge in [-0.3, -0.25) is 4.79 Å². The lowest BCUT2D eigenvalue weighted by molar-refractivity contribution is -0.137. The number of allylic oxidation sites excluding steroid dienone is 1. The third-order valence-corrected chi connectivity index (χ3v) is 4.91. The summed E-state index contributed by atoms with van der Waals surface area (Å²) in [6.07, 6.45) is -4.55. The van der Waals surface area contributed by atoms with Crippen molar-refractivity contribution < 1.29 is 22.8 Å². The van der Waals surface area contributed by atoms with Crippen LogP contribution in [-0.2, 0) is 11.0 Å².